The molecule has 1 fully saturated rings. The van der Waals surface area contributed by atoms with Crippen molar-refractivity contribution < 1.29 is 64.2 Å². The van der Waals surface area contributed by atoms with E-state index < -0.39 is 68.9 Å². The maximum Gasteiger partial charge on any atom is 0.512 e. The molecule has 3 atom stereocenters. The van der Waals surface area contributed by atoms with E-state index in [9.17, 15) is 31.6 Å². The van der Waals surface area contributed by atoms with Gasteiger partial charge in [-0.1, -0.05) is 37.1 Å². The molecule has 1 aliphatic heterocycles. The zero-order valence-electron chi connectivity index (χ0n) is 34.2. The number of allylic oxidation sites excluding steroid dienone is 2. The second kappa shape index (κ2) is 23.8. The maximum atomic E-state index is 15.8. The number of nitrogens with zero attached hydrogens (tertiary/aromatic N) is 5. The number of halogens is 3. The summed E-state index contributed by atoms with van der Waals surface area (Å²) >= 11 is 1.24. The molecule has 1 aliphatic rings. The van der Waals surface area contributed by atoms with Crippen LogP contribution >= 0.6 is 11.8 Å². The summed E-state index contributed by atoms with van der Waals surface area (Å²) in [5.41, 5.74) is -1.63. The minimum atomic E-state index is -4.19. The number of carbonyl (C=O) groups excluding carboxylic acids is 3. The molecular formula is C41H48F3N5O11S2. The topological polar surface area (TPSA) is 209 Å². The van der Waals surface area contributed by atoms with Gasteiger partial charge in [-0.05, 0) is 50.1 Å². The van der Waals surface area contributed by atoms with Crippen molar-refractivity contribution in [3.8, 4) is 6.07 Å². The minimum absolute atomic E-state index is 0.0346. The van der Waals surface area contributed by atoms with Gasteiger partial charge in [-0.25, -0.2) is 27.6 Å². The molecule has 62 heavy (non-hydrogen) atoms. The molecule has 0 spiro atoms. The Kier molecular flexibility index (Phi) is 19.0. The van der Waals surface area contributed by atoms with E-state index in [0.717, 1.165) is 18.2 Å². The average Bonchev–Trinajstić information content (AvgIpc) is 3.73. The van der Waals surface area contributed by atoms with Crippen molar-refractivity contribution in [3.05, 3.63) is 101 Å². The second-order valence-corrected chi connectivity index (χ2v) is 17.4. The number of esters is 1. The Labute approximate surface area is 361 Å². The monoisotopic (exact) mass is 907 g/mol. The molecule has 1 N–H and O–H groups in total. The van der Waals surface area contributed by atoms with Crippen molar-refractivity contribution in [2.75, 3.05) is 32.6 Å². The lowest BCUT2D eigenvalue weighted by atomic mass is 9.89. The lowest BCUT2D eigenvalue weighted by Gasteiger charge is -2.40. The summed E-state index contributed by atoms with van der Waals surface area (Å²) in [5.74, 6) is -3.96. The number of benzene rings is 2. The molecule has 21 heteroatoms. The number of unbranched alkanes of at least 4 members (excludes halogenated alkanes) is 3. The zero-order chi connectivity index (χ0) is 45.3. The maximum absolute atomic E-state index is 15.8. The molecule has 0 radical (unpaired) electrons. The van der Waals surface area contributed by atoms with Gasteiger partial charge in [0.15, 0.2) is 11.9 Å². The van der Waals surface area contributed by atoms with Gasteiger partial charge >= 0.3 is 12.1 Å². The predicted octanol–water partition coefficient (Wildman–Crippen LogP) is 6.32. The van der Waals surface area contributed by atoms with Crippen molar-refractivity contribution in [1.82, 2.24) is 19.7 Å². The summed E-state index contributed by atoms with van der Waals surface area (Å²) in [6, 6.07) is 8.83. The first-order chi connectivity index (χ1) is 29.5. The number of nitriles is 1. The summed E-state index contributed by atoms with van der Waals surface area (Å²) in [7, 11) is -2.75. The summed E-state index contributed by atoms with van der Waals surface area (Å²) < 4.78 is 104. The average molecular weight is 908 g/mol. The van der Waals surface area contributed by atoms with Crippen LogP contribution in [0.5, 0.6) is 0 Å². The molecular weight excluding hydrogens is 860 g/mol. The molecule has 0 aliphatic carbocycles. The lowest BCUT2D eigenvalue weighted by molar-refractivity contribution is -0.172. The number of ether oxygens (including phenoxy) is 5. The fraction of sp³-hybridized carbons (Fsp3) is 0.463. The second-order valence-electron chi connectivity index (χ2n) is 14.2. The van der Waals surface area contributed by atoms with Crippen LogP contribution in [0.3, 0.4) is 0 Å². The zero-order valence-corrected chi connectivity index (χ0v) is 35.9. The van der Waals surface area contributed by atoms with Crippen LogP contribution < -0.4 is 0 Å². The standard InChI is InChI=1S/C41H48F3N5O11S2/c1-28(61-33-23-56-39(57-24-33)13-9-8-10-31-15-14-30(22-45)20-35(31)43)41(25-49-27-46-26-47-49,34-17-16-32(42)21-36(34)44)60-40(52)59-29(2)58-38(51)12-7-5-4-6-11-37(50)48(3)18-19-62(53,54)55/h8-10,13-17,20-21,26-29,33,39H,4-7,11-12,18-19,23-25H2,1-3H3,(H,53,54,55)/b10-8+,13-9+/t28-,29?,33?,39?,41-/m1/s1. The first-order valence-electron chi connectivity index (χ1n) is 19.5. The van der Waals surface area contributed by atoms with Crippen molar-refractivity contribution in [2.24, 2.45) is 0 Å². The van der Waals surface area contributed by atoms with E-state index in [1.807, 2.05) is 6.07 Å². The molecule has 336 valence electrons. The van der Waals surface area contributed by atoms with E-state index in [1.54, 1.807) is 25.2 Å². The number of rotatable bonds is 22. The molecule has 0 bridgehead atoms. The number of amides is 1. The predicted molar refractivity (Wildman–Crippen MR) is 219 cm³/mol. The number of aromatic nitrogens is 3. The van der Waals surface area contributed by atoms with E-state index >= 15 is 4.39 Å². The molecule has 1 saturated heterocycles. The van der Waals surface area contributed by atoms with Crippen LogP contribution in [0.4, 0.5) is 18.0 Å². The largest absolute Gasteiger partial charge is 0.512 e. The van der Waals surface area contributed by atoms with E-state index in [2.05, 4.69) is 10.1 Å². The Morgan fingerprint density at radius 3 is 2.42 bits per heavy atom. The van der Waals surface area contributed by atoms with Crippen molar-refractivity contribution >= 4 is 46.0 Å². The van der Waals surface area contributed by atoms with Crippen molar-refractivity contribution in [2.45, 2.75) is 87.6 Å². The fourth-order valence-electron chi connectivity index (χ4n) is 6.17. The normalized spacial score (nSPS) is 17.5. The summed E-state index contributed by atoms with van der Waals surface area (Å²) in [6.07, 6.45) is 7.55. The highest BCUT2D eigenvalue weighted by molar-refractivity contribution is 8.00. The van der Waals surface area contributed by atoms with Crippen LogP contribution in [-0.4, -0.2) is 106 Å². The number of hydrogen-bond donors (Lipinski definition) is 1. The fourth-order valence-corrected chi connectivity index (χ4v) is 8.03. The van der Waals surface area contributed by atoms with Gasteiger partial charge in [-0.2, -0.15) is 18.8 Å². The van der Waals surface area contributed by atoms with E-state index in [1.165, 1.54) is 66.2 Å². The van der Waals surface area contributed by atoms with Crippen LogP contribution in [0.25, 0.3) is 6.08 Å². The number of thioether (sulfide) groups is 1. The van der Waals surface area contributed by atoms with Crippen LogP contribution in [-0.2, 0) is 55.5 Å². The van der Waals surface area contributed by atoms with Crippen LogP contribution in [0.1, 0.15) is 69.1 Å². The van der Waals surface area contributed by atoms with Crippen LogP contribution in [0.15, 0.2) is 67.3 Å². The van der Waals surface area contributed by atoms with Gasteiger partial charge in [0.05, 0.1) is 42.4 Å². The molecule has 1 amide bonds. The van der Waals surface area contributed by atoms with Gasteiger partial charge in [-0.3, -0.25) is 14.1 Å². The summed E-state index contributed by atoms with van der Waals surface area (Å²) in [6.45, 7) is 2.82. The molecule has 3 aromatic rings. The van der Waals surface area contributed by atoms with Gasteiger partial charge < -0.3 is 28.6 Å². The highest BCUT2D eigenvalue weighted by atomic mass is 32.2. The molecule has 4 rings (SSSR count). The van der Waals surface area contributed by atoms with E-state index in [-0.39, 0.29) is 67.0 Å². The van der Waals surface area contributed by atoms with Gasteiger partial charge in [-0.15, -0.1) is 11.8 Å². The Bertz CT molecular complexity index is 2180. The Morgan fingerprint density at radius 1 is 1.05 bits per heavy atom. The number of hydrogen-bond acceptors (Lipinski definition) is 14. The molecule has 2 heterocycles. The molecule has 2 aromatic carbocycles. The summed E-state index contributed by atoms with van der Waals surface area (Å²) in [4.78, 5) is 43.4. The molecule has 1 unspecified atom stereocenters. The van der Waals surface area contributed by atoms with Crippen LogP contribution in [0, 0.1) is 28.8 Å². The van der Waals surface area contributed by atoms with Crippen LogP contribution in [0.2, 0.25) is 0 Å². The van der Waals surface area contributed by atoms with E-state index in [4.69, 9.17) is 33.5 Å². The van der Waals surface area contributed by atoms with Gasteiger partial charge in [0.1, 0.15) is 30.1 Å². The van der Waals surface area contributed by atoms with Crippen molar-refractivity contribution in [1.29, 1.82) is 5.26 Å². The summed E-state index contributed by atoms with van der Waals surface area (Å²) in [5, 5.41) is 11.9. The highest BCUT2D eigenvalue weighted by Gasteiger charge is 2.47. The minimum Gasteiger partial charge on any atom is -0.425 e. The molecule has 16 nitrogen and oxygen atoms in total. The number of carbonyl (C=O) groups is 3. The first kappa shape index (κ1) is 49.4. The quantitative estimate of drug-likeness (QED) is 0.0384. The van der Waals surface area contributed by atoms with Gasteiger partial charge in [0, 0.05) is 55.8 Å². The third-order valence-electron chi connectivity index (χ3n) is 9.44. The molecule has 1 aromatic heterocycles. The Balaban J connectivity index is 1.35. The van der Waals surface area contributed by atoms with E-state index in [0.29, 0.717) is 31.7 Å². The molecule has 0 saturated carbocycles. The SMILES string of the molecule is CC(OC(=O)CCCCCCC(=O)N(C)CCS(=O)(=O)O)OC(=O)O[C@@](Cn1cncn1)(c1ccc(F)cc1F)[C@@H](C)SC1COC(/C=C/C=C/c2ccc(C#N)cc2F)OC1. The Morgan fingerprint density at radius 2 is 1.77 bits per heavy atom. The smallest absolute Gasteiger partial charge is 0.425 e. The third-order valence-corrected chi connectivity index (χ3v) is 11.6. The lowest BCUT2D eigenvalue weighted by Crippen LogP contribution is -2.47. The van der Waals surface area contributed by atoms with Gasteiger partial charge in [0.25, 0.3) is 10.1 Å². The van der Waals surface area contributed by atoms with Gasteiger partial charge in [0.2, 0.25) is 12.2 Å². The Hall–Kier alpha value is -5.27. The highest BCUT2D eigenvalue weighted by Crippen LogP contribution is 2.42. The van der Waals surface area contributed by atoms with Crippen molar-refractivity contribution in [3.63, 3.8) is 0 Å². The first-order valence-corrected chi connectivity index (χ1v) is 22.0. The third kappa shape index (κ3) is 15.9.